The zero-order valence-electron chi connectivity index (χ0n) is 14.4. The molecule has 1 aromatic carbocycles. The molecule has 0 radical (unpaired) electrons. The van der Waals surface area contributed by atoms with Crippen LogP contribution in [0.15, 0.2) is 29.2 Å². The fraction of sp³-hybridized carbons (Fsp3) is 0.529. The van der Waals surface area contributed by atoms with Gasteiger partial charge in [-0.25, -0.2) is 0 Å². The van der Waals surface area contributed by atoms with Crippen LogP contribution in [0, 0.1) is 12.3 Å². The summed E-state index contributed by atoms with van der Waals surface area (Å²) in [6.07, 6.45) is 5.03. The minimum atomic E-state index is -4.69. The van der Waals surface area contributed by atoms with Gasteiger partial charge in [-0.15, -0.1) is 10.3 Å². The lowest BCUT2D eigenvalue weighted by Crippen LogP contribution is -2.13. The third-order valence-corrected chi connectivity index (χ3v) is 3.74. The molecule has 0 aliphatic carbocycles. The number of rotatable bonds is 15. The molecule has 1 rings (SSSR count). The number of hydrogen-bond donors (Lipinski definition) is 0. The molecule has 0 aliphatic rings. The van der Waals surface area contributed by atoms with Gasteiger partial charge in [-0.1, -0.05) is 5.92 Å². The summed E-state index contributed by atoms with van der Waals surface area (Å²) in [6, 6.07) is 5.05. The Bertz CT molecular complexity index is 626. The minimum Gasteiger partial charge on any atom is -0.491 e. The van der Waals surface area contributed by atoms with Crippen LogP contribution in [0.2, 0.25) is 0 Å². The molecule has 0 heterocycles. The Kier molecular flexibility index (Phi) is 11.6. The highest BCUT2D eigenvalue weighted by Crippen LogP contribution is 2.17. The van der Waals surface area contributed by atoms with Crippen LogP contribution in [-0.2, 0) is 29.2 Å². The Hall–Kier alpha value is -1.70. The second-order valence-electron chi connectivity index (χ2n) is 4.85. The van der Waals surface area contributed by atoms with Gasteiger partial charge in [-0.3, -0.25) is 0 Å². The summed E-state index contributed by atoms with van der Waals surface area (Å²) in [5, 5.41) is 0. The lowest BCUT2D eigenvalue weighted by Gasteiger charge is -2.08. The number of hydrogen-bond acceptors (Lipinski definition) is 7. The van der Waals surface area contributed by atoms with Crippen molar-refractivity contribution in [2.24, 2.45) is 0 Å². The molecule has 26 heavy (non-hydrogen) atoms. The van der Waals surface area contributed by atoms with Crippen LogP contribution in [0.5, 0.6) is 5.75 Å². The Balaban J connectivity index is 1.91. The molecular formula is C17H23FO7S. The molecule has 0 N–H and O–H groups in total. The van der Waals surface area contributed by atoms with E-state index >= 15 is 0 Å². The van der Waals surface area contributed by atoms with Crippen LogP contribution in [0.3, 0.4) is 0 Å². The Morgan fingerprint density at radius 1 is 0.808 bits per heavy atom. The fourth-order valence-corrected chi connectivity index (χ4v) is 2.17. The zero-order valence-corrected chi connectivity index (χ0v) is 15.2. The molecule has 7 nitrogen and oxygen atoms in total. The molecule has 1 aromatic rings. The Labute approximate surface area is 153 Å². The van der Waals surface area contributed by atoms with Gasteiger partial charge in [0.05, 0.1) is 51.1 Å². The molecule has 0 amide bonds. The molecule has 0 aliphatic heterocycles. The average Bonchev–Trinajstić information content (AvgIpc) is 2.61. The Morgan fingerprint density at radius 3 is 1.73 bits per heavy atom. The van der Waals surface area contributed by atoms with Crippen LogP contribution in [0.4, 0.5) is 3.89 Å². The maximum atomic E-state index is 12.7. The molecule has 0 bridgehead atoms. The summed E-state index contributed by atoms with van der Waals surface area (Å²) in [7, 11) is -4.69. The van der Waals surface area contributed by atoms with Gasteiger partial charge in [-0.05, 0) is 24.3 Å². The second kappa shape index (κ2) is 13.5. The summed E-state index contributed by atoms with van der Waals surface area (Å²) < 4.78 is 60.4. The number of halogens is 1. The maximum Gasteiger partial charge on any atom is 0.332 e. The van der Waals surface area contributed by atoms with Crippen molar-refractivity contribution in [1.82, 2.24) is 0 Å². The molecule has 9 heteroatoms. The topological polar surface area (TPSA) is 80.3 Å². The quantitative estimate of drug-likeness (QED) is 0.255. The van der Waals surface area contributed by atoms with Gasteiger partial charge in [0.25, 0.3) is 0 Å². The van der Waals surface area contributed by atoms with Crippen molar-refractivity contribution in [1.29, 1.82) is 0 Å². The SMILES string of the molecule is C#CCOCCOCCOCCOCCOc1ccc(S(=O)(=O)F)cc1. The summed E-state index contributed by atoms with van der Waals surface area (Å²) >= 11 is 0. The van der Waals surface area contributed by atoms with E-state index in [2.05, 4.69) is 5.92 Å². The van der Waals surface area contributed by atoms with Crippen LogP contribution < -0.4 is 4.74 Å². The van der Waals surface area contributed by atoms with E-state index < -0.39 is 15.1 Å². The highest BCUT2D eigenvalue weighted by Gasteiger charge is 2.10. The number of ether oxygens (including phenoxy) is 5. The maximum absolute atomic E-state index is 12.7. The van der Waals surface area contributed by atoms with E-state index in [9.17, 15) is 12.3 Å². The van der Waals surface area contributed by atoms with Gasteiger partial charge in [0, 0.05) is 0 Å². The fourth-order valence-electron chi connectivity index (χ4n) is 1.71. The first-order valence-electron chi connectivity index (χ1n) is 7.96. The van der Waals surface area contributed by atoms with E-state index in [1.807, 2.05) is 0 Å². The van der Waals surface area contributed by atoms with Crippen molar-refractivity contribution in [3.8, 4) is 18.1 Å². The third kappa shape index (κ3) is 11.0. The van der Waals surface area contributed by atoms with E-state index in [0.29, 0.717) is 52.0 Å². The highest BCUT2D eigenvalue weighted by atomic mass is 32.3. The predicted molar refractivity (Wildman–Crippen MR) is 92.3 cm³/mol. The van der Waals surface area contributed by atoms with Gasteiger partial charge in [0.1, 0.15) is 19.0 Å². The summed E-state index contributed by atoms with van der Waals surface area (Å²) in [4.78, 5) is -0.401. The van der Waals surface area contributed by atoms with Crippen molar-refractivity contribution < 1.29 is 36.0 Å². The smallest absolute Gasteiger partial charge is 0.332 e. The van der Waals surface area contributed by atoms with E-state index in [4.69, 9.17) is 30.1 Å². The van der Waals surface area contributed by atoms with Gasteiger partial charge in [0.2, 0.25) is 0 Å². The monoisotopic (exact) mass is 390 g/mol. The largest absolute Gasteiger partial charge is 0.491 e. The normalized spacial score (nSPS) is 11.2. The first kappa shape index (κ1) is 22.3. The lowest BCUT2D eigenvalue weighted by molar-refractivity contribution is -0.00187. The van der Waals surface area contributed by atoms with Crippen LogP contribution in [0.25, 0.3) is 0 Å². The van der Waals surface area contributed by atoms with Gasteiger partial charge in [-0.2, -0.15) is 8.42 Å². The standard InChI is InChI=1S/C17H23FO7S/c1-2-7-21-8-9-22-10-11-23-12-13-24-14-15-25-16-3-5-17(6-4-16)26(18,19)20/h1,3-6H,7-15H2. The van der Waals surface area contributed by atoms with Crippen molar-refractivity contribution in [3.63, 3.8) is 0 Å². The zero-order chi connectivity index (χ0) is 19.1. The third-order valence-electron chi connectivity index (χ3n) is 2.90. The van der Waals surface area contributed by atoms with E-state index in [-0.39, 0.29) is 13.2 Å². The number of terminal acetylenes is 1. The molecule has 0 saturated carbocycles. The summed E-state index contributed by atoms with van der Waals surface area (Å²) in [6.45, 7) is 3.60. The predicted octanol–water partition coefficient (Wildman–Crippen LogP) is 1.42. The molecule has 0 fully saturated rings. The molecular weight excluding hydrogens is 367 g/mol. The molecule has 146 valence electrons. The second-order valence-corrected chi connectivity index (χ2v) is 6.20. The first-order valence-corrected chi connectivity index (χ1v) is 9.34. The van der Waals surface area contributed by atoms with Gasteiger partial charge >= 0.3 is 10.2 Å². The molecule has 0 atom stereocenters. The van der Waals surface area contributed by atoms with Crippen molar-refractivity contribution in [3.05, 3.63) is 24.3 Å². The molecule has 0 spiro atoms. The van der Waals surface area contributed by atoms with Crippen LogP contribution >= 0.6 is 0 Å². The summed E-state index contributed by atoms with van der Waals surface area (Å²) in [5.74, 6) is 2.79. The average molecular weight is 390 g/mol. The molecule has 0 aromatic heterocycles. The van der Waals surface area contributed by atoms with Gasteiger partial charge in [0.15, 0.2) is 0 Å². The summed E-state index contributed by atoms with van der Waals surface area (Å²) in [5.41, 5.74) is 0. The van der Waals surface area contributed by atoms with E-state index in [0.717, 1.165) is 12.1 Å². The van der Waals surface area contributed by atoms with Crippen LogP contribution in [0.1, 0.15) is 0 Å². The van der Waals surface area contributed by atoms with E-state index in [1.165, 1.54) is 12.1 Å². The Morgan fingerprint density at radius 2 is 1.27 bits per heavy atom. The first-order chi connectivity index (χ1) is 12.5. The van der Waals surface area contributed by atoms with Crippen molar-refractivity contribution in [2.45, 2.75) is 4.90 Å². The van der Waals surface area contributed by atoms with Gasteiger partial charge < -0.3 is 23.7 Å². The number of benzene rings is 1. The lowest BCUT2D eigenvalue weighted by atomic mass is 10.3. The van der Waals surface area contributed by atoms with Crippen LogP contribution in [-0.4, -0.2) is 67.9 Å². The van der Waals surface area contributed by atoms with E-state index in [1.54, 1.807) is 0 Å². The van der Waals surface area contributed by atoms with Crippen molar-refractivity contribution in [2.75, 3.05) is 59.5 Å². The minimum absolute atomic E-state index is 0.280. The molecule has 0 saturated heterocycles. The molecule has 0 unspecified atom stereocenters. The highest BCUT2D eigenvalue weighted by molar-refractivity contribution is 7.86. The van der Waals surface area contributed by atoms with Crippen molar-refractivity contribution >= 4 is 10.2 Å².